The number of nitrogen functional groups attached to an aromatic ring is 1. The lowest BCUT2D eigenvalue weighted by Gasteiger charge is -2.11. The molecule has 0 atom stereocenters. The number of nitrogens with one attached hydrogen (secondary N) is 1. The molecule has 0 saturated heterocycles. The first-order valence-corrected chi connectivity index (χ1v) is 8.03. The number of hydrogen-bond donors (Lipinski definition) is 2. The quantitative estimate of drug-likeness (QED) is 0.852. The second-order valence-corrected chi connectivity index (χ2v) is 7.35. The van der Waals surface area contributed by atoms with Crippen molar-refractivity contribution in [3.8, 4) is 6.07 Å². The van der Waals surface area contributed by atoms with Crippen molar-refractivity contribution >= 4 is 32.7 Å². The van der Waals surface area contributed by atoms with E-state index >= 15 is 0 Å². The van der Waals surface area contributed by atoms with Crippen LogP contribution < -0.4 is 10.5 Å². The molecule has 0 unspecified atom stereocenters. The maximum absolute atomic E-state index is 12.2. The van der Waals surface area contributed by atoms with Crippen LogP contribution in [0, 0.1) is 25.2 Å². The van der Waals surface area contributed by atoms with Gasteiger partial charge in [-0.25, -0.2) is 8.42 Å². The van der Waals surface area contributed by atoms with Crippen LogP contribution in [0.15, 0.2) is 28.5 Å². The van der Waals surface area contributed by atoms with E-state index in [1.165, 1.54) is 12.1 Å². The highest BCUT2D eigenvalue weighted by atomic mass is 32.2. The number of nitrogens with zero attached hydrogens (tertiary/aromatic N) is 1. The average Bonchev–Trinajstić information content (AvgIpc) is 2.85. The number of anilines is 2. The van der Waals surface area contributed by atoms with Gasteiger partial charge in [0.1, 0.15) is 15.2 Å². The third-order valence-electron chi connectivity index (χ3n) is 2.87. The molecule has 0 spiro atoms. The first-order chi connectivity index (χ1) is 9.33. The maximum Gasteiger partial charge on any atom is 0.271 e. The first-order valence-electron chi connectivity index (χ1n) is 5.73. The molecular weight excluding hydrogens is 294 g/mol. The molecule has 5 nitrogen and oxygen atoms in total. The molecule has 0 radical (unpaired) electrons. The van der Waals surface area contributed by atoms with Crippen LogP contribution >= 0.6 is 11.3 Å². The number of sulfonamides is 1. The van der Waals surface area contributed by atoms with Crippen LogP contribution in [0.5, 0.6) is 0 Å². The molecule has 7 heteroatoms. The van der Waals surface area contributed by atoms with Crippen molar-refractivity contribution in [1.82, 2.24) is 0 Å². The van der Waals surface area contributed by atoms with Gasteiger partial charge >= 0.3 is 0 Å². The zero-order valence-electron chi connectivity index (χ0n) is 11.0. The molecule has 0 fully saturated rings. The third kappa shape index (κ3) is 2.76. The Morgan fingerprint density at radius 3 is 2.50 bits per heavy atom. The van der Waals surface area contributed by atoms with Gasteiger partial charge in [0.25, 0.3) is 10.0 Å². The summed E-state index contributed by atoms with van der Waals surface area (Å²) in [7, 11) is -3.72. The van der Waals surface area contributed by atoms with Crippen molar-refractivity contribution in [2.24, 2.45) is 0 Å². The summed E-state index contributed by atoms with van der Waals surface area (Å²) < 4.78 is 27.0. The van der Waals surface area contributed by atoms with Crippen LogP contribution in [-0.2, 0) is 10.0 Å². The Kier molecular flexibility index (Phi) is 3.70. The van der Waals surface area contributed by atoms with Gasteiger partial charge in [-0.1, -0.05) is 0 Å². The monoisotopic (exact) mass is 307 g/mol. The number of aryl methyl sites for hydroxylation is 2. The standard InChI is InChI=1S/C13H13N3O2S2/c1-8-5-11(15)12(6-9(8)2)16-20(17,18)13-4-3-10(7-14)19-13/h3-6,16H,15H2,1-2H3. The summed E-state index contributed by atoms with van der Waals surface area (Å²) in [4.78, 5) is 0.346. The van der Waals surface area contributed by atoms with Crippen molar-refractivity contribution < 1.29 is 8.42 Å². The minimum atomic E-state index is -3.72. The summed E-state index contributed by atoms with van der Waals surface area (Å²) in [5.74, 6) is 0. The Morgan fingerprint density at radius 1 is 1.25 bits per heavy atom. The zero-order valence-corrected chi connectivity index (χ0v) is 12.6. The summed E-state index contributed by atoms with van der Waals surface area (Å²) >= 11 is 0.920. The van der Waals surface area contributed by atoms with Crippen molar-refractivity contribution in [3.63, 3.8) is 0 Å². The summed E-state index contributed by atoms with van der Waals surface area (Å²) in [5.41, 5.74) is 8.49. The summed E-state index contributed by atoms with van der Waals surface area (Å²) in [6.07, 6.45) is 0. The number of benzene rings is 1. The molecule has 1 aromatic heterocycles. The lowest BCUT2D eigenvalue weighted by molar-refractivity contribution is 0.603. The van der Waals surface area contributed by atoms with Crippen LogP contribution in [-0.4, -0.2) is 8.42 Å². The molecule has 0 aliphatic carbocycles. The number of thiophene rings is 1. The minimum absolute atomic E-state index is 0.0895. The predicted molar refractivity (Wildman–Crippen MR) is 80.2 cm³/mol. The Balaban J connectivity index is 2.38. The number of hydrogen-bond acceptors (Lipinski definition) is 5. The van der Waals surface area contributed by atoms with Gasteiger partial charge in [0, 0.05) is 0 Å². The summed E-state index contributed by atoms with van der Waals surface area (Å²) in [6.45, 7) is 3.79. The van der Waals surface area contributed by atoms with E-state index in [0.29, 0.717) is 16.3 Å². The molecule has 104 valence electrons. The highest BCUT2D eigenvalue weighted by Crippen LogP contribution is 2.28. The SMILES string of the molecule is Cc1cc(N)c(NS(=O)(=O)c2ccc(C#N)s2)cc1C. The van der Waals surface area contributed by atoms with Crippen LogP contribution in [0.3, 0.4) is 0 Å². The van der Waals surface area contributed by atoms with Gasteiger partial charge in [0.15, 0.2) is 0 Å². The average molecular weight is 307 g/mol. The molecule has 2 rings (SSSR count). The highest BCUT2D eigenvalue weighted by Gasteiger charge is 2.18. The Labute approximate surface area is 121 Å². The fraction of sp³-hybridized carbons (Fsp3) is 0.154. The van der Waals surface area contributed by atoms with Crippen LogP contribution in [0.1, 0.15) is 16.0 Å². The van der Waals surface area contributed by atoms with Gasteiger partial charge in [-0.05, 0) is 49.2 Å². The highest BCUT2D eigenvalue weighted by molar-refractivity contribution is 7.94. The molecular formula is C13H13N3O2S2. The second kappa shape index (κ2) is 5.15. The van der Waals surface area contributed by atoms with Crippen molar-refractivity contribution in [2.45, 2.75) is 18.1 Å². The normalized spacial score (nSPS) is 11.1. The number of rotatable bonds is 3. The third-order valence-corrected chi connectivity index (χ3v) is 5.71. The van der Waals surface area contributed by atoms with Gasteiger partial charge in [0.05, 0.1) is 11.4 Å². The van der Waals surface area contributed by atoms with E-state index in [1.54, 1.807) is 12.1 Å². The van der Waals surface area contributed by atoms with Crippen molar-refractivity contribution in [3.05, 3.63) is 40.3 Å². The minimum Gasteiger partial charge on any atom is -0.397 e. The number of nitrogens with two attached hydrogens (primary N) is 1. The summed E-state index contributed by atoms with van der Waals surface area (Å²) in [5, 5.41) is 8.74. The molecule has 0 amide bonds. The van der Waals surface area contributed by atoms with Gasteiger partial charge in [-0.2, -0.15) is 5.26 Å². The lowest BCUT2D eigenvalue weighted by atomic mass is 10.1. The lowest BCUT2D eigenvalue weighted by Crippen LogP contribution is -2.13. The van der Waals surface area contributed by atoms with E-state index < -0.39 is 10.0 Å². The van der Waals surface area contributed by atoms with E-state index in [9.17, 15) is 8.42 Å². The number of nitriles is 1. The smallest absolute Gasteiger partial charge is 0.271 e. The Hall–Kier alpha value is -2.04. The van der Waals surface area contributed by atoms with Crippen LogP contribution in [0.4, 0.5) is 11.4 Å². The van der Waals surface area contributed by atoms with E-state index in [0.717, 1.165) is 22.5 Å². The Morgan fingerprint density at radius 2 is 1.90 bits per heavy atom. The van der Waals surface area contributed by atoms with Crippen LogP contribution in [0.2, 0.25) is 0 Å². The van der Waals surface area contributed by atoms with Gasteiger partial charge in [-0.15, -0.1) is 11.3 Å². The molecule has 0 aliphatic heterocycles. The molecule has 3 N–H and O–H groups in total. The van der Waals surface area contributed by atoms with Crippen LogP contribution in [0.25, 0.3) is 0 Å². The first kappa shape index (κ1) is 14.4. The summed E-state index contributed by atoms with van der Waals surface area (Å²) in [6, 6.07) is 8.21. The van der Waals surface area contributed by atoms with Gasteiger partial charge in [-0.3, -0.25) is 4.72 Å². The molecule has 0 aliphatic rings. The topological polar surface area (TPSA) is 96.0 Å². The largest absolute Gasteiger partial charge is 0.397 e. The Bertz CT molecular complexity index is 802. The molecule has 0 bridgehead atoms. The van der Waals surface area contributed by atoms with Gasteiger partial charge < -0.3 is 5.73 Å². The molecule has 1 aromatic carbocycles. The zero-order chi connectivity index (χ0) is 14.9. The van der Waals surface area contributed by atoms with E-state index in [1.807, 2.05) is 19.9 Å². The van der Waals surface area contributed by atoms with E-state index in [-0.39, 0.29) is 4.21 Å². The predicted octanol–water partition coefficient (Wildman–Crippen LogP) is 2.62. The van der Waals surface area contributed by atoms with E-state index in [2.05, 4.69) is 4.72 Å². The molecule has 2 aromatic rings. The van der Waals surface area contributed by atoms with Crippen molar-refractivity contribution in [2.75, 3.05) is 10.5 Å². The van der Waals surface area contributed by atoms with Crippen molar-refractivity contribution in [1.29, 1.82) is 5.26 Å². The maximum atomic E-state index is 12.2. The fourth-order valence-corrected chi connectivity index (χ4v) is 3.83. The fourth-order valence-electron chi connectivity index (χ4n) is 1.65. The van der Waals surface area contributed by atoms with E-state index in [4.69, 9.17) is 11.0 Å². The van der Waals surface area contributed by atoms with Gasteiger partial charge in [0.2, 0.25) is 0 Å². The molecule has 1 heterocycles. The second-order valence-electron chi connectivity index (χ2n) is 4.36. The molecule has 0 saturated carbocycles. The molecule has 20 heavy (non-hydrogen) atoms.